The maximum Gasteiger partial charge on any atom is 0.453 e. The van der Waals surface area contributed by atoms with E-state index >= 15 is 0 Å². The smallest absolute Gasteiger partial charge is 0.435 e. The molecule has 0 radical (unpaired) electrons. The predicted molar refractivity (Wildman–Crippen MR) is 117 cm³/mol. The van der Waals surface area contributed by atoms with Crippen molar-refractivity contribution in [3.63, 3.8) is 0 Å². The van der Waals surface area contributed by atoms with E-state index in [2.05, 4.69) is 20.8 Å². The summed E-state index contributed by atoms with van der Waals surface area (Å²) in [4.78, 5) is 13.5. The number of alkyl halides is 5. The lowest BCUT2D eigenvalue weighted by Crippen LogP contribution is -2.45. The monoisotopic (exact) mass is 507 g/mol. The molecule has 2 heterocycles. The van der Waals surface area contributed by atoms with Gasteiger partial charge in [-0.05, 0) is 65.9 Å². The van der Waals surface area contributed by atoms with Crippen molar-refractivity contribution < 1.29 is 31.5 Å². The normalized spacial score (nSPS) is 24.6. The Morgan fingerprint density at radius 1 is 1.14 bits per heavy atom. The molecule has 3 aromatic rings. The number of nitrogens with one attached hydrogen (secondary N) is 1. The molecule has 2 aliphatic rings. The molecule has 2 fully saturated rings. The van der Waals surface area contributed by atoms with E-state index in [0.717, 1.165) is 18.5 Å². The van der Waals surface area contributed by atoms with Crippen LogP contribution in [0.1, 0.15) is 54.6 Å². The maximum atomic E-state index is 13.5. The molecule has 3 unspecified atom stereocenters. The Bertz CT molecular complexity index is 1250. The van der Waals surface area contributed by atoms with Crippen LogP contribution in [0.4, 0.5) is 22.0 Å². The fraction of sp³-hybridized carbons (Fsp3) is 0.417. The zero-order valence-electron chi connectivity index (χ0n) is 18.9. The summed E-state index contributed by atoms with van der Waals surface area (Å²) in [6.45, 7) is -2.42. The molecular weight excluding hydrogens is 485 g/mol. The molecule has 1 aliphatic carbocycles. The third-order valence-corrected chi connectivity index (χ3v) is 7.05. The first-order valence-corrected chi connectivity index (χ1v) is 11.5. The van der Waals surface area contributed by atoms with E-state index in [1.54, 1.807) is 0 Å². The second-order valence-corrected chi connectivity index (χ2v) is 9.10. The topological polar surface area (TPSA) is 81.9 Å². The Balaban J connectivity index is 1.55. The minimum absolute atomic E-state index is 0.0136. The maximum absolute atomic E-state index is 13.5. The van der Waals surface area contributed by atoms with Crippen LogP contribution in [0.25, 0.3) is 5.69 Å². The Hall–Kier alpha value is -3.41. The first-order chi connectivity index (χ1) is 17.2. The second-order valence-electron chi connectivity index (χ2n) is 9.10. The molecule has 0 amide bonds. The number of ether oxygens (including phenoxy) is 1. The number of aromatic nitrogens is 4. The van der Waals surface area contributed by atoms with Gasteiger partial charge < -0.3 is 10.1 Å². The third kappa shape index (κ3) is 4.34. The quantitative estimate of drug-likeness (QED) is 0.498. The predicted octanol–water partition coefficient (Wildman–Crippen LogP) is 4.84. The summed E-state index contributed by atoms with van der Waals surface area (Å²) in [5.74, 6) is -2.09. The van der Waals surface area contributed by atoms with E-state index < -0.39 is 29.9 Å². The molecule has 1 aliphatic heterocycles. The van der Waals surface area contributed by atoms with Crippen molar-refractivity contribution in [3.05, 3.63) is 65.5 Å². The van der Waals surface area contributed by atoms with Crippen LogP contribution in [0.3, 0.4) is 0 Å². The Morgan fingerprint density at radius 2 is 1.92 bits per heavy atom. The largest absolute Gasteiger partial charge is 0.453 e. The molecule has 2 aromatic carbocycles. The highest BCUT2D eigenvalue weighted by Gasteiger charge is 2.53. The Kier molecular flexibility index (Phi) is 6.23. The van der Waals surface area contributed by atoms with Gasteiger partial charge in [0.1, 0.15) is 11.5 Å². The molecule has 36 heavy (non-hydrogen) atoms. The van der Waals surface area contributed by atoms with Gasteiger partial charge in [0.25, 0.3) is 5.82 Å². The molecule has 1 saturated heterocycles. The van der Waals surface area contributed by atoms with Gasteiger partial charge in [-0.1, -0.05) is 30.3 Å². The number of nitrogens with zero attached hydrogens (tertiary/aromatic N) is 4. The average Bonchev–Trinajstić information content (AvgIpc) is 3.46. The van der Waals surface area contributed by atoms with Gasteiger partial charge in [0.2, 0.25) is 0 Å². The van der Waals surface area contributed by atoms with Crippen LogP contribution in [0, 0.1) is 5.41 Å². The number of halogens is 5. The first-order valence-electron chi connectivity index (χ1n) is 11.5. The number of carbonyl (C=O) groups excluding carboxylic acids is 1. The van der Waals surface area contributed by atoms with Crippen molar-refractivity contribution in [3.8, 4) is 11.4 Å². The lowest BCUT2D eigenvalue weighted by molar-refractivity contribution is -0.146. The average molecular weight is 507 g/mol. The number of carbonyl (C=O) groups is 1. The number of tetrazole rings is 1. The number of hydrogen-bond acceptors (Lipinski definition) is 6. The van der Waals surface area contributed by atoms with Crippen LogP contribution in [-0.2, 0) is 11.0 Å². The van der Waals surface area contributed by atoms with Crippen molar-refractivity contribution in [1.82, 2.24) is 25.5 Å². The molecular formula is C24H22F5N5O2. The molecule has 1 aromatic heterocycles. The van der Waals surface area contributed by atoms with E-state index in [0.29, 0.717) is 17.5 Å². The highest BCUT2D eigenvalue weighted by molar-refractivity contribution is 5.89. The zero-order valence-corrected chi connectivity index (χ0v) is 18.9. The Labute approximate surface area is 202 Å². The Morgan fingerprint density at radius 3 is 2.64 bits per heavy atom. The summed E-state index contributed by atoms with van der Waals surface area (Å²) in [5, 5.41) is 13.0. The number of Topliss-reactive ketones (excluding diaryl/α,β-unsaturated/α-hetero) is 1. The van der Waals surface area contributed by atoms with Crippen LogP contribution in [0.5, 0.6) is 5.75 Å². The molecule has 0 bridgehead atoms. The number of ketones is 1. The van der Waals surface area contributed by atoms with Crippen LogP contribution < -0.4 is 10.1 Å². The summed E-state index contributed by atoms with van der Waals surface area (Å²) in [7, 11) is 0. The van der Waals surface area contributed by atoms with Crippen molar-refractivity contribution in [1.29, 1.82) is 0 Å². The molecule has 1 spiro atoms. The van der Waals surface area contributed by atoms with Crippen LogP contribution >= 0.6 is 0 Å². The van der Waals surface area contributed by atoms with Gasteiger partial charge in [-0.3, -0.25) is 4.79 Å². The van der Waals surface area contributed by atoms with Crippen molar-refractivity contribution in [2.75, 3.05) is 6.54 Å². The number of benzene rings is 2. The SMILES string of the molecule is O=C1CC(c2cc(-n3nnnc3C(F)(F)F)ccc2OC(F)F)CC12CCCNC2c1ccccc1. The van der Waals surface area contributed by atoms with Crippen molar-refractivity contribution in [2.45, 2.75) is 50.4 Å². The fourth-order valence-corrected chi connectivity index (χ4v) is 5.59. The van der Waals surface area contributed by atoms with Crippen LogP contribution in [0.2, 0.25) is 0 Å². The van der Waals surface area contributed by atoms with Crippen LogP contribution in [0.15, 0.2) is 48.5 Å². The summed E-state index contributed by atoms with van der Waals surface area (Å²) < 4.78 is 71.7. The number of rotatable bonds is 5. The van der Waals surface area contributed by atoms with Gasteiger partial charge >= 0.3 is 12.8 Å². The number of hydrogen-bond donors (Lipinski definition) is 1. The molecule has 190 valence electrons. The van der Waals surface area contributed by atoms with Gasteiger partial charge in [-0.2, -0.15) is 26.6 Å². The van der Waals surface area contributed by atoms with E-state index in [1.165, 1.54) is 18.2 Å². The van der Waals surface area contributed by atoms with Crippen LogP contribution in [-0.4, -0.2) is 39.1 Å². The van der Waals surface area contributed by atoms with E-state index in [-0.39, 0.29) is 35.2 Å². The van der Waals surface area contributed by atoms with Gasteiger partial charge in [-0.15, -0.1) is 5.10 Å². The molecule has 3 atom stereocenters. The lowest BCUT2D eigenvalue weighted by atomic mass is 9.69. The first kappa shape index (κ1) is 24.3. The van der Waals surface area contributed by atoms with Crippen molar-refractivity contribution >= 4 is 5.78 Å². The van der Waals surface area contributed by atoms with Crippen molar-refractivity contribution in [2.24, 2.45) is 5.41 Å². The molecule has 1 N–H and O–H groups in total. The number of piperidine rings is 1. The van der Waals surface area contributed by atoms with Gasteiger partial charge in [-0.25, -0.2) is 0 Å². The van der Waals surface area contributed by atoms with E-state index in [9.17, 15) is 26.7 Å². The third-order valence-electron chi connectivity index (χ3n) is 7.05. The highest BCUT2D eigenvalue weighted by atomic mass is 19.4. The summed E-state index contributed by atoms with van der Waals surface area (Å²) in [5.41, 5.74) is 0.333. The van der Waals surface area contributed by atoms with Gasteiger partial charge in [0.05, 0.1) is 5.69 Å². The minimum atomic E-state index is -4.83. The van der Waals surface area contributed by atoms with Gasteiger partial charge in [0.15, 0.2) is 0 Å². The second kappa shape index (κ2) is 9.23. The summed E-state index contributed by atoms with van der Waals surface area (Å²) >= 11 is 0. The summed E-state index contributed by atoms with van der Waals surface area (Å²) in [6, 6.07) is 12.9. The molecule has 7 nitrogen and oxygen atoms in total. The summed E-state index contributed by atoms with van der Waals surface area (Å²) in [6.07, 6.45) is -3.06. The molecule has 12 heteroatoms. The standard InChI is InChI=1S/C24H22F5N5O2/c25-22(26)36-18-8-7-16(34-21(24(27,28)29)31-32-33-34)12-17(18)15-11-19(35)23(13-15)9-4-10-30-20(23)14-5-2-1-3-6-14/h1-3,5-8,12,15,20,22,30H,4,9-11,13H2. The molecule has 5 rings (SSSR count). The lowest BCUT2D eigenvalue weighted by Gasteiger charge is -2.41. The van der Waals surface area contributed by atoms with Gasteiger partial charge in [0, 0.05) is 23.4 Å². The minimum Gasteiger partial charge on any atom is -0.435 e. The highest BCUT2D eigenvalue weighted by Crippen LogP contribution is 2.56. The zero-order chi connectivity index (χ0) is 25.5. The van der Waals surface area contributed by atoms with E-state index in [4.69, 9.17) is 4.74 Å². The molecule has 1 saturated carbocycles. The fourth-order valence-electron chi connectivity index (χ4n) is 5.59. The van der Waals surface area contributed by atoms with E-state index in [1.807, 2.05) is 30.3 Å².